The Balaban J connectivity index is 2.05. The van der Waals surface area contributed by atoms with Crippen molar-refractivity contribution in [3.8, 4) is 5.69 Å². The molecule has 2 nitrogen and oxygen atoms in total. The standard InChI is InChI=1S/C24H20N2/c1-3-9-18(10-4-2)19-14-15-23-22(17-19)21-13-8-16-25-24(21)26(23)20-11-6-5-7-12-20/h3-17H,1H2,2H3/b10-4-,18-9+. The lowest BCUT2D eigenvalue weighted by molar-refractivity contribution is 1.14. The van der Waals surface area contributed by atoms with Gasteiger partial charge in [-0.3, -0.25) is 4.57 Å². The van der Waals surface area contributed by atoms with Crippen LogP contribution in [0.4, 0.5) is 0 Å². The SMILES string of the molecule is C=C/C=C(\C=C/C)c1ccc2c(c1)c1cccnc1n2-c1ccccc1. The third kappa shape index (κ3) is 2.66. The van der Waals surface area contributed by atoms with Gasteiger partial charge >= 0.3 is 0 Å². The van der Waals surface area contributed by atoms with Gasteiger partial charge in [-0.05, 0) is 54.5 Å². The van der Waals surface area contributed by atoms with E-state index in [0.29, 0.717) is 0 Å². The maximum atomic E-state index is 4.66. The number of pyridine rings is 1. The molecule has 2 aromatic heterocycles. The van der Waals surface area contributed by atoms with Gasteiger partial charge < -0.3 is 0 Å². The highest BCUT2D eigenvalue weighted by atomic mass is 15.0. The van der Waals surface area contributed by atoms with Crippen LogP contribution in [0.5, 0.6) is 0 Å². The van der Waals surface area contributed by atoms with Crippen molar-refractivity contribution in [1.29, 1.82) is 0 Å². The molecule has 0 aliphatic carbocycles. The van der Waals surface area contributed by atoms with Gasteiger partial charge in [0.2, 0.25) is 0 Å². The summed E-state index contributed by atoms with van der Waals surface area (Å²) >= 11 is 0. The lowest BCUT2D eigenvalue weighted by atomic mass is 10.0. The van der Waals surface area contributed by atoms with Crippen LogP contribution >= 0.6 is 0 Å². The van der Waals surface area contributed by atoms with E-state index in [-0.39, 0.29) is 0 Å². The minimum absolute atomic E-state index is 0.978. The highest BCUT2D eigenvalue weighted by Crippen LogP contribution is 2.32. The summed E-state index contributed by atoms with van der Waals surface area (Å²) in [5.41, 5.74) is 5.58. The number of benzene rings is 2. The zero-order chi connectivity index (χ0) is 17.9. The summed E-state index contributed by atoms with van der Waals surface area (Å²) in [5.74, 6) is 0. The van der Waals surface area contributed by atoms with Gasteiger partial charge in [-0.2, -0.15) is 0 Å². The third-order valence-electron chi connectivity index (χ3n) is 4.52. The number of hydrogen-bond acceptors (Lipinski definition) is 1. The van der Waals surface area contributed by atoms with E-state index in [1.807, 2.05) is 43.5 Å². The number of rotatable bonds is 4. The molecule has 0 aliphatic heterocycles. The van der Waals surface area contributed by atoms with E-state index >= 15 is 0 Å². The van der Waals surface area contributed by atoms with Gasteiger partial charge in [0, 0.05) is 22.7 Å². The van der Waals surface area contributed by atoms with Crippen molar-refractivity contribution in [2.75, 3.05) is 0 Å². The Kier molecular flexibility index (Phi) is 4.24. The van der Waals surface area contributed by atoms with Crippen LogP contribution in [-0.2, 0) is 0 Å². The largest absolute Gasteiger partial charge is 0.294 e. The number of allylic oxidation sites excluding steroid dienone is 5. The molecule has 0 spiro atoms. The zero-order valence-electron chi connectivity index (χ0n) is 14.8. The maximum absolute atomic E-state index is 4.66. The van der Waals surface area contributed by atoms with Gasteiger partial charge in [-0.1, -0.05) is 55.1 Å². The van der Waals surface area contributed by atoms with Crippen molar-refractivity contribution >= 4 is 27.5 Å². The first-order valence-corrected chi connectivity index (χ1v) is 8.74. The van der Waals surface area contributed by atoms with Crippen LogP contribution in [-0.4, -0.2) is 9.55 Å². The Morgan fingerprint density at radius 3 is 2.62 bits per heavy atom. The van der Waals surface area contributed by atoms with Crippen LogP contribution < -0.4 is 0 Å². The number of aromatic nitrogens is 2. The van der Waals surface area contributed by atoms with Crippen LogP contribution in [0.3, 0.4) is 0 Å². The summed E-state index contributed by atoms with van der Waals surface area (Å²) in [6, 6.07) is 21.1. The minimum Gasteiger partial charge on any atom is -0.294 e. The summed E-state index contributed by atoms with van der Waals surface area (Å²) < 4.78 is 2.22. The summed E-state index contributed by atoms with van der Waals surface area (Å²) in [6.45, 7) is 5.87. The van der Waals surface area contributed by atoms with Gasteiger partial charge in [-0.15, -0.1) is 0 Å². The number of para-hydroxylation sites is 1. The highest BCUT2D eigenvalue weighted by molar-refractivity contribution is 6.08. The van der Waals surface area contributed by atoms with Gasteiger partial charge in [0.05, 0.1) is 5.52 Å². The molecule has 26 heavy (non-hydrogen) atoms. The van der Waals surface area contributed by atoms with Gasteiger partial charge in [-0.25, -0.2) is 4.98 Å². The average molecular weight is 336 g/mol. The Labute approximate surface area is 153 Å². The summed E-state index contributed by atoms with van der Waals surface area (Å²) in [5, 5.41) is 2.36. The van der Waals surface area contributed by atoms with Gasteiger partial charge in [0.1, 0.15) is 5.65 Å². The van der Waals surface area contributed by atoms with Crippen LogP contribution in [0.2, 0.25) is 0 Å². The average Bonchev–Trinajstić information content (AvgIpc) is 3.02. The molecule has 2 heterocycles. The smallest absolute Gasteiger partial charge is 0.145 e. The Hall–Kier alpha value is -3.39. The molecule has 2 heteroatoms. The van der Waals surface area contributed by atoms with Crippen molar-refractivity contribution in [1.82, 2.24) is 9.55 Å². The number of nitrogens with zero attached hydrogens (tertiary/aromatic N) is 2. The molecule has 0 N–H and O–H groups in total. The molecule has 0 saturated carbocycles. The maximum Gasteiger partial charge on any atom is 0.145 e. The van der Waals surface area contributed by atoms with E-state index in [1.54, 1.807) is 0 Å². The van der Waals surface area contributed by atoms with E-state index in [9.17, 15) is 0 Å². The van der Waals surface area contributed by atoms with Crippen molar-refractivity contribution < 1.29 is 0 Å². The predicted octanol–water partition coefficient (Wildman–Crippen LogP) is 6.32. The summed E-state index contributed by atoms with van der Waals surface area (Å²) in [7, 11) is 0. The minimum atomic E-state index is 0.978. The van der Waals surface area contributed by atoms with E-state index < -0.39 is 0 Å². The van der Waals surface area contributed by atoms with Crippen molar-refractivity contribution in [3.63, 3.8) is 0 Å². The lowest BCUT2D eigenvalue weighted by Crippen LogP contribution is -1.94. The first-order valence-electron chi connectivity index (χ1n) is 8.74. The molecular formula is C24H20N2. The fourth-order valence-corrected chi connectivity index (χ4v) is 3.42. The van der Waals surface area contributed by atoms with Crippen LogP contribution in [0.15, 0.2) is 97.7 Å². The zero-order valence-corrected chi connectivity index (χ0v) is 14.8. The Morgan fingerprint density at radius 2 is 1.85 bits per heavy atom. The molecule has 4 aromatic rings. The second kappa shape index (κ2) is 6.85. The second-order valence-corrected chi connectivity index (χ2v) is 6.14. The van der Waals surface area contributed by atoms with E-state index in [1.165, 1.54) is 10.9 Å². The van der Waals surface area contributed by atoms with Crippen molar-refractivity contribution in [2.45, 2.75) is 6.92 Å². The normalized spacial score (nSPS) is 12.3. The summed E-state index contributed by atoms with van der Waals surface area (Å²) in [4.78, 5) is 4.66. The molecule has 0 radical (unpaired) electrons. The van der Waals surface area contributed by atoms with Crippen LogP contribution in [0.25, 0.3) is 33.2 Å². The molecule has 0 bridgehead atoms. The van der Waals surface area contributed by atoms with E-state index in [0.717, 1.165) is 27.8 Å². The van der Waals surface area contributed by atoms with E-state index in [4.69, 9.17) is 0 Å². The Bertz CT molecular complexity index is 1140. The fourth-order valence-electron chi connectivity index (χ4n) is 3.42. The molecule has 0 unspecified atom stereocenters. The molecule has 0 amide bonds. The number of hydrogen-bond donors (Lipinski definition) is 0. The fraction of sp³-hybridized carbons (Fsp3) is 0.0417. The van der Waals surface area contributed by atoms with E-state index in [2.05, 4.69) is 70.7 Å². The van der Waals surface area contributed by atoms with Crippen molar-refractivity contribution in [2.24, 2.45) is 0 Å². The van der Waals surface area contributed by atoms with Crippen LogP contribution in [0, 0.1) is 0 Å². The summed E-state index contributed by atoms with van der Waals surface area (Å²) in [6.07, 6.45) is 9.88. The monoisotopic (exact) mass is 336 g/mol. The second-order valence-electron chi connectivity index (χ2n) is 6.14. The first kappa shape index (κ1) is 16.1. The predicted molar refractivity (Wildman–Crippen MR) is 112 cm³/mol. The first-order chi connectivity index (χ1) is 12.8. The Morgan fingerprint density at radius 1 is 1.00 bits per heavy atom. The number of fused-ring (bicyclic) bond motifs is 3. The van der Waals surface area contributed by atoms with Crippen molar-refractivity contribution in [3.05, 3.63) is 103 Å². The van der Waals surface area contributed by atoms with Gasteiger partial charge in [0.25, 0.3) is 0 Å². The topological polar surface area (TPSA) is 17.8 Å². The molecule has 126 valence electrons. The molecule has 0 aliphatic rings. The molecule has 4 rings (SSSR count). The third-order valence-corrected chi connectivity index (χ3v) is 4.52. The van der Waals surface area contributed by atoms with Gasteiger partial charge in [0.15, 0.2) is 0 Å². The molecule has 0 fully saturated rings. The molecule has 0 saturated heterocycles. The quantitative estimate of drug-likeness (QED) is 0.398. The highest BCUT2D eigenvalue weighted by Gasteiger charge is 2.13. The van der Waals surface area contributed by atoms with Crippen LogP contribution in [0.1, 0.15) is 12.5 Å². The molecule has 0 atom stereocenters. The molecule has 2 aromatic carbocycles. The lowest BCUT2D eigenvalue weighted by Gasteiger charge is -2.07. The molecular weight excluding hydrogens is 316 g/mol.